The van der Waals surface area contributed by atoms with Gasteiger partial charge in [0.25, 0.3) is 0 Å². The Balaban J connectivity index is 0.000000156. The lowest BCUT2D eigenvalue weighted by molar-refractivity contribution is 0.00578. The normalized spacial score (nSPS) is 17.5. The van der Waals surface area contributed by atoms with Crippen molar-refractivity contribution in [1.29, 1.82) is 0 Å². The number of benzene rings is 16. The monoisotopic (exact) mass is 1360 g/mol. The number of hydrogen-bond acceptors (Lipinski definition) is 4. The summed E-state index contributed by atoms with van der Waals surface area (Å²) in [7, 11) is -0.370. The second kappa shape index (κ2) is 25.6. The Morgan fingerprint density at radius 3 is 1.13 bits per heavy atom. The zero-order valence-corrected chi connectivity index (χ0v) is 53.9. The summed E-state index contributed by atoms with van der Waals surface area (Å²) in [4.78, 5) is 0. The SMILES string of the molecule is CC1(C)OB(c2cccc(-c3cccc4oc5ccccc5c34)c2)OC1(C)C.F.[2H]c1c([2H])c([2H])c2c([2H])c(-c3c4c([2H])c([2H])c([2H])c([2H])c4c(-c4cccc(-c5cccc6oc7ccccc7c56)c4)c4c([2H])c([2H])c([2H])c([2H])c34)c([2H])c([2H])c2c1[2H].[2H]c1c([2H])c([2H])c2c([2H])c(-c3c4c([2H])c([2H])c([2H])c([2H])c4c(Br)c4c([2H])c([2H])c([2H])c([2H])c34)c([2H])c([2H])c2c1[2H].[B]. The van der Waals surface area contributed by atoms with E-state index in [4.69, 9.17) is 51.0 Å². The fourth-order valence-electron chi connectivity index (χ4n) is 12.5. The van der Waals surface area contributed by atoms with E-state index in [0.717, 1.165) is 54.9 Å². The van der Waals surface area contributed by atoms with E-state index in [1.807, 2.05) is 72.8 Å². The van der Waals surface area contributed by atoms with Gasteiger partial charge in [-0.1, -0.05) is 272 Å². The van der Waals surface area contributed by atoms with Crippen LogP contribution < -0.4 is 5.46 Å². The van der Waals surface area contributed by atoms with Crippen LogP contribution in [0.3, 0.4) is 0 Å². The standard InChI is InChI=1S/C42H26O.C24H23BO3.C24H15Br.B.FH/c1-2-12-28-25-31(24-23-27(28)11-1)41-35-17-5-3-15-33(35)40(34-16-4-6-18-36(34)41)30-14-9-13-29(26-30)32-20-10-22-39-42(32)37-19-7-8-21-38(37)43-39;1-23(2)24(3,4)28-25(27-23)17-10-7-9-16(15-17)18-12-8-14-21-22(18)19-11-5-6-13-20(19)26-21;25-24-21-11-5-3-9-19(21)23(20-10-4-6-12-22(20)24)18-14-13-16-7-1-2-8-17(16)15-18;;/h1-26H;5-15H,1-4H3;1-15H;;1H/i1D,2D,3D,4D,5D,6D,11D,12D,15D,16D,17D,18D,23D,24D,25D;;1D,2D,3D,4D,5D,6D,7D,8D,9D,10D,11D,12D,13D,14D,15D;;. The van der Waals surface area contributed by atoms with Gasteiger partial charge in [0.05, 0.1) is 52.3 Å². The van der Waals surface area contributed by atoms with Crippen LogP contribution in [-0.4, -0.2) is 26.7 Å². The summed E-state index contributed by atoms with van der Waals surface area (Å²) >= 11 is 3.28. The molecule has 0 bridgehead atoms. The van der Waals surface area contributed by atoms with Gasteiger partial charge in [-0.25, -0.2) is 0 Å². The summed E-state index contributed by atoms with van der Waals surface area (Å²) in [5.41, 5.74) is 5.82. The van der Waals surface area contributed by atoms with Gasteiger partial charge in [0.1, 0.15) is 22.3 Å². The topological polar surface area (TPSA) is 44.7 Å². The van der Waals surface area contributed by atoms with Gasteiger partial charge >= 0.3 is 7.12 Å². The number of rotatable bonds is 6. The van der Waals surface area contributed by atoms with Crippen LogP contribution in [0.5, 0.6) is 0 Å². The Labute approximate surface area is 621 Å². The maximum absolute atomic E-state index is 9.42. The highest BCUT2D eigenvalue weighted by atomic mass is 79.9. The summed E-state index contributed by atoms with van der Waals surface area (Å²) in [5.74, 6) is 0. The summed E-state index contributed by atoms with van der Waals surface area (Å²) in [5, 5.41) is 0.438. The molecule has 0 atom stereocenters. The third kappa shape index (κ3) is 11.0. The molecule has 1 aliphatic rings. The molecule has 0 saturated carbocycles. The first kappa shape index (κ1) is 37.6. The average Bonchev–Trinajstić information content (AvgIpc) is 1.25. The van der Waals surface area contributed by atoms with Gasteiger partial charge < -0.3 is 18.1 Å². The smallest absolute Gasteiger partial charge is 0.456 e. The Hall–Kier alpha value is -10.9. The lowest BCUT2D eigenvalue weighted by Crippen LogP contribution is -2.41. The van der Waals surface area contributed by atoms with Crippen molar-refractivity contribution in [3.63, 3.8) is 0 Å². The minimum atomic E-state index is -0.736. The van der Waals surface area contributed by atoms with Crippen LogP contribution in [0, 0.1) is 0 Å². The third-order valence-corrected chi connectivity index (χ3v) is 18.5. The molecular weight excluding hydrogens is 1270 g/mol. The van der Waals surface area contributed by atoms with Crippen LogP contribution in [0.4, 0.5) is 4.70 Å². The van der Waals surface area contributed by atoms with Gasteiger partial charge in [-0.2, -0.15) is 0 Å². The molecule has 3 heterocycles. The fraction of sp³-hybridized carbons (Fsp3) is 0.0667. The zero-order valence-electron chi connectivity index (χ0n) is 82.3. The van der Waals surface area contributed by atoms with E-state index < -0.39 is 209 Å². The Bertz CT molecular complexity index is 7800. The van der Waals surface area contributed by atoms with E-state index in [9.17, 15) is 8.22 Å². The molecular formula is C90H65B2BrFO4. The molecule has 1 fully saturated rings. The zero-order chi connectivity index (χ0) is 90.8. The molecule has 2 aromatic heterocycles. The maximum atomic E-state index is 9.42. The summed E-state index contributed by atoms with van der Waals surface area (Å²) in [6.45, 7) is 8.31. The fourth-order valence-corrected chi connectivity index (χ4v) is 13.1. The molecule has 18 aromatic rings. The van der Waals surface area contributed by atoms with E-state index >= 15 is 0 Å². The number of furan rings is 2. The van der Waals surface area contributed by atoms with Crippen LogP contribution in [-0.2, 0) is 9.31 Å². The molecule has 0 unspecified atom stereocenters. The predicted octanol–water partition coefficient (Wildman–Crippen LogP) is 24.9. The maximum Gasteiger partial charge on any atom is 0.494 e. The highest BCUT2D eigenvalue weighted by molar-refractivity contribution is 9.10. The largest absolute Gasteiger partial charge is 0.494 e. The first-order chi connectivity index (χ1) is 59.5. The van der Waals surface area contributed by atoms with Gasteiger partial charge in [-0.05, 0) is 212 Å². The molecule has 0 N–H and O–H groups in total. The van der Waals surface area contributed by atoms with Gasteiger partial charge in [0, 0.05) is 34.4 Å². The summed E-state index contributed by atoms with van der Waals surface area (Å²) in [6, 6.07) is 23.3. The second-order valence-corrected chi connectivity index (χ2v) is 24.6. The van der Waals surface area contributed by atoms with Crippen molar-refractivity contribution in [2.75, 3.05) is 0 Å². The average molecular weight is 1360 g/mol. The van der Waals surface area contributed by atoms with Crippen molar-refractivity contribution in [3.8, 4) is 55.6 Å². The molecule has 1 saturated heterocycles. The minimum absolute atomic E-state index is 0. The van der Waals surface area contributed by atoms with E-state index in [0.29, 0.717) is 22.3 Å². The molecule has 3 radical (unpaired) electrons. The molecule has 98 heavy (non-hydrogen) atoms. The quantitative estimate of drug-likeness (QED) is 0.123. The number of hydrogen-bond donors (Lipinski definition) is 0. The molecule has 0 aliphatic carbocycles. The molecule has 1 aliphatic heterocycles. The van der Waals surface area contributed by atoms with Crippen LogP contribution in [0.15, 0.2) is 328 Å². The Morgan fingerprint density at radius 2 is 0.673 bits per heavy atom. The predicted molar refractivity (Wildman–Crippen MR) is 418 cm³/mol. The van der Waals surface area contributed by atoms with Crippen LogP contribution in [0.25, 0.3) is 164 Å². The van der Waals surface area contributed by atoms with Crippen molar-refractivity contribution < 1.29 is 64.0 Å². The van der Waals surface area contributed by atoms with Gasteiger partial charge in [0.15, 0.2) is 0 Å². The third-order valence-electron chi connectivity index (χ3n) is 17.7. The van der Waals surface area contributed by atoms with E-state index in [1.54, 1.807) is 18.2 Å². The van der Waals surface area contributed by atoms with Gasteiger partial charge in [0.2, 0.25) is 0 Å². The van der Waals surface area contributed by atoms with E-state index in [1.165, 1.54) is 0 Å². The Kier molecular flexibility index (Phi) is 9.83. The van der Waals surface area contributed by atoms with Gasteiger partial charge in [-0.3, -0.25) is 4.70 Å². The van der Waals surface area contributed by atoms with Crippen LogP contribution in [0.1, 0.15) is 68.8 Å². The lowest BCUT2D eigenvalue weighted by Gasteiger charge is -2.32. The van der Waals surface area contributed by atoms with Crippen molar-refractivity contribution in [2.24, 2.45) is 0 Å². The van der Waals surface area contributed by atoms with Crippen molar-refractivity contribution in [1.82, 2.24) is 0 Å². The van der Waals surface area contributed by atoms with Crippen LogP contribution >= 0.6 is 15.9 Å². The highest BCUT2D eigenvalue weighted by Gasteiger charge is 2.51. The van der Waals surface area contributed by atoms with E-state index in [-0.39, 0.29) is 101 Å². The molecule has 469 valence electrons. The lowest BCUT2D eigenvalue weighted by atomic mass is 9.78. The molecule has 8 heteroatoms. The Morgan fingerprint density at radius 1 is 0.327 bits per heavy atom. The summed E-state index contributed by atoms with van der Waals surface area (Å²) in [6.07, 6.45) is 0. The highest BCUT2D eigenvalue weighted by Crippen LogP contribution is 2.47. The molecule has 4 nitrogen and oxygen atoms in total. The van der Waals surface area contributed by atoms with Crippen molar-refractivity contribution in [2.45, 2.75) is 38.9 Å². The van der Waals surface area contributed by atoms with Crippen molar-refractivity contribution >= 4 is 145 Å². The molecule has 19 rings (SSSR count). The van der Waals surface area contributed by atoms with Crippen LogP contribution in [0.2, 0.25) is 0 Å². The number of halogens is 2. The second-order valence-electron chi connectivity index (χ2n) is 23.8. The van der Waals surface area contributed by atoms with Gasteiger partial charge in [-0.15, -0.1) is 0 Å². The minimum Gasteiger partial charge on any atom is -0.456 e. The molecule has 0 spiro atoms. The molecule has 0 amide bonds. The number of para-hydroxylation sites is 2. The first-order valence-electron chi connectivity index (χ1n) is 45.5. The number of fused-ring (bicyclic) bond motifs is 12. The van der Waals surface area contributed by atoms with E-state index in [2.05, 4.69) is 86.1 Å². The van der Waals surface area contributed by atoms with Crippen molar-refractivity contribution in [3.05, 3.63) is 319 Å². The first-order valence-corrected chi connectivity index (χ1v) is 31.3. The summed E-state index contributed by atoms with van der Waals surface area (Å²) < 4.78 is 285. The molecule has 16 aromatic carbocycles.